The van der Waals surface area contributed by atoms with Crippen molar-refractivity contribution < 1.29 is 4.42 Å². The standard InChI is InChI=1S/C43H30N4O2/c1-46-38-23-22-29(25-39(38)47(2)43(46)48)28-14-10-15-30(24-28)36-26-37(45-42(44-36)27-12-4-3-5-13-27)32-17-7-6-16-31(32)34-19-11-20-35-33-18-8-9-21-40(33)49-41(34)35/h3-26H,1-2H3. The summed E-state index contributed by atoms with van der Waals surface area (Å²) in [5.41, 5.74) is 12.1. The molecular formula is C43H30N4O2. The van der Waals surface area contributed by atoms with Gasteiger partial charge in [-0.2, -0.15) is 0 Å². The van der Waals surface area contributed by atoms with E-state index in [1.165, 1.54) is 0 Å². The Kier molecular flexibility index (Phi) is 6.62. The van der Waals surface area contributed by atoms with Crippen molar-refractivity contribution in [2.24, 2.45) is 14.1 Å². The zero-order valence-electron chi connectivity index (χ0n) is 27.0. The molecule has 6 nitrogen and oxygen atoms in total. The summed E-state index contributed by atoms with van der Waals surface area (Å²) >= 11 is 0. The van der Waals surface area contributed by atoms with E-state index >= 15 is 0 Å². The van der Waals surface area contributed by atoms with E-state index in [1.54, 1.807) is 16.2 Å². The first-order chi connectivity index (χ1) is 24.0. The van der Waals surface area contributed by atoms with Crippen LogP contribution in [0.25, 0.3) is 89.1 Å². The third kappa shape index (κ3) is 4.76. The van der Waals surface area contributed by atoms with Crippen LogP contribution in [0.5, 0.6) is 0 Å². The van der Waals surface area contributed by atoms with Crippen LogP contribution in [-0.4, -0.2) is 19.1 Å². The molecule has 6 aromatic carbocycles. The predicted octanol–water partition coefficient (Wildman–Crippen LogP) is 9.90. The number of aryl methyl sites for hydroxylation is 2. The Balaban J connectivity index is 1.22. The molecule has 6 heteroatoms. The Morgan fingerprint density at radius 2 is 1.12 bits per heavy atom. The topological polar surface area (TPSA) is 65.8 Å². The van der Waals surface area contributed by atoms with Gasteiger partial charge in [0.2, 0.25) is 0 Å². The fourth-order valence-corrected chi connectivity index (χ4v) is 6.89. The number of hydrogen-bond donors (Lipinski definition) is 0. The minimum Gasteiger partial charge on any atom is -0.455 e. The van der Waals surface area contributed by atoms with Crippen LogP contribution in [0.2, 0.25) is 0 Å². The maximum Gasteiger partial charge on any atom is 0.328 e. The summed E-state index contributed by atoms with van der Waals surface area (Å²) in [5, 5.41) is 2.18. The van der Waals surface area contributed by atoms with Gasteiger partial charge >= 0.3 is 5.69 Å². The molecule has 0 saturated carbocycles. The van der Waals surface area contributed by atoms with E-state index in [0.29, 0.717) is 5.82 Å². The van der Waals surface area contributed by atoms with Gasteiger partial charge in [0.15, 0.2) is 5.82 Å². The number of benzene rings is 6. The molecule has 234 valence electrons. The molecular weight excluding hydrogens is 604 g/mol. The van der Waals surface area contributed by atoms with Crippen molar-refractivity contribution in [3.63, 3.8) is 0 Å². The SMILES string of the molecule is Cn1c(=O)n(C)c2cc(-c3cccc(-c4cc(-c5ccccc5-c5cccc6c5oc5ccccc56)nc(-c5ccccc5)n4)c3)ccc21. The summed E-state index contributed by atoms with van der Waals surface area (Å²) in [7, 11) is 3.61. The van der Waals surface area contributed by atoms with Gasteiger partial charge in [0.05, 0.1) is 22.4 Å². The van der Waals surface area contributed by atoms with Gasteiger partial charge in [-0.05, 0) is 47.0 Å². The van der Waals surface area contributed by atoms with Gasteiger partial charge < -0.3 is 4.42 Å². The normalized spacial score (nSPS) is 11.6. The van der Waals surface area contributed by atoms with E-state index in [0.717, 1.165) is 83.3 Å². The van der Waals surface area contributed by atoms with Crippen LogP contribution in [0.3, 0.4) is 0 Å². The van der Waals surface area contributed by atoms with E-state index in [4.69, 9.17) is 14.4 Å². The highest BCUT2D eigenvalue weighted by Gasteiger charge is 2.18. The van der Waals surface area contributed by atoms with Crippen LogP contribution < -0.4 is 5.69 Å². The van der Waals surface area contributed by atoms with Crippen LogP contribution in [0, 0.1) is 0 Å². The second kappa shape index (κ2) is 11.3. The van der Waals surface area contributed by atoms with Crippen LogP contribution in [0.1, 0.15) is 0 Å². The second-order valence-electron chi connectivity index (χ2n) is 12.3. The third-order valence-electron chi connectivity index (χ3n) is 9.42. The average Bonchev–Trinajstić information content (AvgIpc) is 3.65. The Bertz CT molecular complexity index is 2770. The van der Waals surface area contributed by atoms with Crippen LogP contribution in [0.4, 0.5) is 0 Å². The maximum absolute atomic E-state index is 12.6. The molecule has 3 aromatic heterocycles. The van der Waals surface area contributed by atoms with Gasteiger partial charge in [0, 0.05) is 47.1 Å². The number of fused-ring (bicyclic) bond motifs is 4. The molecule has 49 heavy (non-hydrogen) atoms. The predicted molar refractivity (Wildman–Crippen MR) is 198 cm³/mol. The first-order valence-corrected chi connectivity index (χ1v) is 16.2. The third-order valence-corrected chi connectivity index (χ3v) is 9.42. The number of furan rings is 1. The number of para-hydroxylation sites is 2. The maximum atomic E-state index is 12.6. The molecule has 0 bridgehead atoms. The van der Waals surface area contributed by atoms with E-state index in [-0.39, 0.29) is 5.69 Å². The summed E-state index contributed by atoms with van der Waals surface area (Å²) in [4.78, 5) is 22.9. The zero-order chi connectivity index (χ0) is 33.1. The van der Waals surface area contributed by atoms with E-state index < -0.39 is 0 Å². The van der Waals surface area contributed by atoms with Crippen LogP contribution in [0.15, 0.2) is 155 Å². The summed E-state index contributed by atoms with van der Waals surface area (Å²) in [6, 6.07) is 49.6. The highest BCUT2D eigenvalue weighted by Crippen LogP contribution is 2.40. The van der Waals surface area contributed by atoms with Gasteiger partial charge in [0.1, 0.15) is 11.2 Å². The Morgan fingerprint density at radius 1 is 0.490 bits per heavy atom. The monoisotopic (exact) mass is 634 g/mol. The van der Waals surface area contributed by atoms with Gasteiger partial charge in [0.25, 0.3) is 0 Å². The summed E-state index contributed by atoms with van der Waals surface area (Å²) < 4.78 is 9.82. The Labute approximate surface area is 282 Å². The second-order valence-corrected chi connectivity index (χ2v) is 12.3. The molecule has 0 spiro atoms. The van der Waals surface area contributed by atoms with Crippen molar-refractivity contribution in [1.29, 1.82) is 0 Å². The fraction of sp³-hybridized carbons (Fsp3) is 0.0465. The van der Waals surface area contributed by atoms with Crippen molar-refractivity contribution in [1.82, 2.24) is 19.1 Å². The minimum absolute atomic E-state index is 0.0419. The average molecular weight is 635 g/mol. The quantitative estimate of drug-likeness (QED) is 0.189. The lowest BCUT2D eigenvalue weighted by Crippen LogP contribution is -2.19. The molecule has 0 saturated heterocycles. The molecule has 0 atom stereocenters. The van der Waals surface area contributed by atoms with Gasteiger partial charge in [-0.25, -0.2) is 14.8 Å². The Hall–Kier alpha value is -6.53. The summed E-state index contributed by atoms with van der Waals surface area (Å²) in [6.07, 6.45) is 0. The summed E-state index contributed by atoms with van der Waals surface area (Å²) in [5.74, 6) is 0.649. The molecule has 0 unspecified atom stereocenters. The Morgan fingerprint density at radius 3 is 2.00 bits per heavy atom. The molecule has 0 amide bonds. The molecule has 9 rings (SSSR count). The molecule has 0 aliphatic carbocycles. The van der Waals surface area contributed by atoms with Gasteiger partial charge in [-0.1, -0.05) is 115 Å². The smallest absolute Gasteiger partial charge is 0.328 e. The first-order valence-electron chi connectivity index (χ1n) is 16.2. The van der Waals surface area contributed by atoms with Crippen LogP contribution >= 0.6 is 0 Å². The first kappa shape index (κ1) is 28.7. The van der Waals surface area contributed by atoms with E-state index in [9.17, 15) is 4.79 Å². The van der Waals surface area contributed by atoms with Crippen LogP contribution in [-0.2, 0) is 14.1 Å². The number of rotatable bonds is 5. The molecule has 9 aromatic rings. The number of imidazole rings is 1. The van der Waals surface area contributed by atoms with Crippen molar-refractivity contribution in [3.05, 3.63) is 156 Å². The molecule has 3 heterocycles. The lowest BCUT2D eigenvalue weighted by atomic mass is 9.95. The largest absolute Gasteiger partial charge is 0.455 e. The minimum atomic E-state index is -0.0419. The van der Waals surface area contributed by atoms with Crippen molar-refractivity contribution in [2.75, 3.05) is 0 Å². The zero-order valence-corrected chi connectivity index (χ0v) is 27.0. The number of nitrogens with zero attached hydrogens (tertiary/aromatic N) is 4. The highest BCUT2D eigenvalue weighted by atomic mass is 16.3. The number of hydrogen-bond acceptors (Lipinski definition) is 4. The molecule has 0 N–H and O–H groups in total. The molecule has 0 aliphatic heterocycles. The van der Waals surface area contributed by atoms with E-state index in [1.807, 2.05) is 61.6 Å². The van der Waals surface area contributed by atoms with E-state index in [2.05, 4.69) is 91.0 Å². The number of aromatic nitrogens is 4. The van der Waals surface area contributed by atoms with Crippen molar-refractivity contribution in [3.8, 4) is 56.2 Å². The van der Waals surface area contributed by atoms with Gasteiger partial charge in [-0.3, -0.25) is 9.13 Å². The lowest BCUT2D eigenvalue weighted by Gasteiger charge is -2.14. The van der Waals surface area contributed by atoms with Gasteiger partial charge in [-0.15, -0.1) is 0 Å². The van der Waals surface area contributed by atoms with Crippen molar-refractivity contribution >= 4 is 33.0 Å². The van der Waals surface area contributed by atoms with Crippen molar-refractivity contribution in [2.45, 2.75) is 0 Å². The summed E-state index contributed by atoms with van der Waals surface area (Å²) in [6.45, 7) is 0. The lowest BCUT2D eigenvalue weighted by molar-refractivity contribution is 0.670. The molecule has 0 aliphatic rings. The highest BCUT2D eigenvalue weighted by molar-refractivity contribution is 6.10. The molecule has 0 fully saturated rings. The fourth-order valence-electron chi connectivity index (χ4n) is 6.89. The molecule has 0 radical (unpaired) electrons.